The molecule has 2 aromatic rings. The molecule has 0 aliphatic carbocycles. The summed E-state index contributed by atoms with van der Waals surface area (Å²) < 4.78 is 30.8. The van der Waals surface area contributed by atoms with Crippen LogP contribution in [0, 0.1) is 6.92 Å². The van der Waals surface area contributed by atoms with E-state index in [1.807, 2.05) is 34.6 Å². The fraction of sp³-hybridized carbons (Fsp3) is 0.462. The first-order chi connectivity index (χ1) is 16.2. The van der Waals surface area contributed by atoms with Crippen LogP contribution < -0.4 is 20.1 Å². The van der Waals surface area contributed by atoms with E-state index in [2.05, 4.69) is 15.4 Å². The molecule has 9 heteroatoms. The number of aryl methyl sites for hydroxylation is 1. The molecule has 0 atom stereocenters. The van der Waals surface area contributed by atoms with Gasteiger partial charge in [-0.15, -0.1) is 0 Å². The van der Waals surface area contributed by atoms with E-state index in [1.54, 1.807) is 69.5 Å². The van der Waals surface area contributed by atoms with Crippen molar-refractivity contribution in [3.8, 4) is 5.75 Å². The minimum Gasteiger partial charge on any atom is -0.497 e. The van der Waals surface area contributed by atoms with Crippen LogP contribution in [0.15, 0.2) is 53.4 Å². The Morgan fingerprint density at radius 3 is 1.60 bits per heavy atom. The minimum absolute atomic E-state index is 0.0370. The molecule has 2 amide bonds. The second-order valence-corrected chi connectivity index (χ2v) is 10.5. The number of methoxy groups -OCH3 is 1. The quantitative estimate of drug-likeness (QED) is 0.523. The SMILES string of the molecule is CC(=O)NC(C)C.COc1ccc(C(=O)NC(C)C)cc1.Cc1ccc(S(=O)(=O)NC(C)C)cc1. The lowest BCUT2D eigenvalue weighted by atomic mass is 10.2. The van der Waals surface area contributed by atoms with Crippen LogP contribution in [0.2, 0.25) is 0 Å². The number of hydrogen-bond donors (Lipinski definition) is 3. The van der Waals surface area contributed by atoms with Gasteiger partial charge in [0, 0.05) is 30.6 Å². The highest BCUT2D eigenvalue weighted by Gasteiger charge is 2.14. The Kier molecular flexibility index (Phi) is 14.6. The summed E-state index contributed by atoms with van der Waals surface area (Å²) >= 11 is 0. The molecule has 0 saturated carbocycles. The zero-order chi connectivity index (χ0) is 27.2. The smallest absolute Gasteiger partial charge is 0.251 e. The number of carbonyl (C=O) groups is 2. The average molecular weight is 508 g/mol. The number of benzene rings is 2. The molecule has 0 saturated heterocycles. The van der Waals surface area contributed by atoms with Crippen molar-refractivity contribution in [2.45, 2.75) is 78.4 Å². The highest BCUT2D eigenvalue weighted by molar-refractivity contribution is 7.89. The van der Waals surface area contributed by atoms with Crippen LogP contribution in [0.5, 0.6) is 5.75 Å². The molecule has 0 aliphatic rings. The van der Waals surface area contributed by atoms with E-state index in [0.29, 0.717) is 10.5 Å². The van der Waals surface area contributed by atoms with Gasteiger partial charge >= 0.3 is 0 Å². The molecule has 196 valence electrons. The van der Waals surface area contributed by atoms with Gasteiger partial charge in [-0.25, -0.2) is 13.1 Å². The predicted molar refractivity (Wildman–Crippen MR) is 141 cm³/mol. The molecular weight excluding hydrogens is 466 g/mol. The normalized spacial score (nSPS) is 10.6. The number of nitrogens with one attached hydrogen (secondary N) is 3. The van der Waals surface area contributed by atoms with Crippen LogP contribution in [0.1, 0.15) is 64.4 Å². The van der Waals surface area contributed by atoms with E-state index in [4.69, 9.17) is 4.74 Å². The molecule has 0 radical (unpaired) electrons. The molecule has 0 aromatic heterocycles. The topological polar surface area (TPSA) is 114 Å². The first-order valence-corrected chi connectivity index (χ1v) is 13.0. The summed E-state index contributed by atoms with van der Waals surface area (Å²) in [5, 5.41) is 5.48. The van der Waals surface area contributed by atoms with Crippen LogP contribution >= 0.6 is 0 Å². The third-order valence-electron chi connectivity index (χ3n) is 3.99. The van der Waals surface area contributed by atoms with Crippen molar-refractivity contribution in [1.82, 2.24) is 15.4 Å². The molecule has 0 heterocycles. The van der Waals surface area contributed by atoms with Gasteiger partial charge < -0.3 is 15.4 Å². The summed E-state index contributed by atoms with van der Waals surface area (Å²) in [6.07, 6.45) is 0. The summed E-state index contributed by atoms with van der Waals surface area (Å²) in [6.45, 7) is 14.8. The molecule has 2 rings (SSSR count). The van der Waals surface area contributed by atoms with Crippen molar-refractivity contribution >= 4 is 21.8 Å². The van der Waals surface area contributed by atoms with Gasteiger partial charge in [-0.2, -0.15) is 0 Å². The second kappa shape index (κ2) is 15.9. The largest absolute Gasteiger partial charge is 0.497 e. The molecule has 3 N–H and O–H groups in total. The number of sulfonamides is 1. The highest BCUT2D eigenvalue weighted by atomic mass is 32.2. The van der Waals surface area contributed by atoms with E-state index in [1.165, 1.54) is 6.92 Å². The van der Waals surface area contributed by atoms with Gasteiger partial charge in [0.1, 0.15) is 5.75 Å². The van der Waals surface area contributed by atoms with E-state index in [0.717, 1.165) is 11.3 Å². The van der Waals surface area contributed by atoms with E-state index in [-0.39, 0.29) is 29.9 Å². The zero-order valence-electron chi connectivity index (χ0n) is 22.3. The first kappa shape index (κ1) is 32.1. The van der Waals surface area contributed by atoms with Gasteiger partial charge in [-0.3, -0.25) is 9.59 Å². The third kappa shape index (κ3) is 14.9. The molecule has 0 fully saturated rings. The Hall–Kier alpha value is -2.91. The van der Waals surface area contributed by atoms with Gasteiger partial charge in [0.15, 0.2) is 0 Å². The monoisotopic (exact) mass is 507 g/mol. The van der Waals surface area contributed by atoms with Gasteiger partial charge in [0.05, 0.1) is 12.0 Å². The molecule has 8 nitrogen and oxygen atoms in total. The van der Waals surface area contributed by atoms with Crippen molar-refractivity contribution in [2.75, 3.05) is 7.11 Å². The van der Waals surface area contributed by atoms with Crippen LogP contribution in [-0.2, 0) is 14.8 Å². The summed E-state index contributed by atoms with van der Waals surface area (Å²) in [6, 6.07) is 14.2. The van der Waals surface area contributed by atoms with Gasteiger partial charge in [0.2, 0.25) is 15.9 Å². The average Bonchev–Trinajstić information content (AvgIpc) is 2.72. The number of hydrogen-bond acceptors (Lipinski definition) is 5. The van der Waals surface area contributed by atoms with E-state index < -0.39 is 10.0 Å². The van der Waals surface area contributed by atoms with Gasteiger partial charge in [-0.1, -0.05) is 17.7 Å². The van der Waals surface area contributed by atoms with Crippen molar-refractivity contribution in [3.63, 3.8) is 0 Å². The number of amides is 2. The lowest BCUT2D eigenvalue weighted by Crippen LogP contribution is -2.30. The summed E-state index contributed by atoms with van der Waals surface area (Å²) in [4.78, 5) is 22.0. The van der Waals surface area contributed by atoms with Crippen molar-refractivity contribution in [3.05, 3.63) is 59.7 Å². The minimum atomic E-state index is -3.33. The Bertz CT molecular complexity index is 1000. The molecule has 2 aromatic carbocycles. The fourth-order valence-electron chi connectivity index (χ4n) is 2.59. The maximum Gasteiger partial charge on any atom is 0.251 e. The molecule has 0 aliphatic heterocycles. The Morgan fingerprint density at radius 2 is 1.26 bits per heavy atom. The number of carbonyl (C=O) groups excluding carboxylic acids is 2. The highest BCUT2D eigenvalue weighted by Crippen LogP contribution is 2.11. The molecule has 35 heavy (non-hydrogen) atoms. The summed E-state index contributed by atoms with van der Waals surface area (Å²) in [5.74, 6) is 0.740. The Balaban J connectivity index is 0.000000526. The van der Waals surface area contributed by atoms with Gasteiger partial charge in [-0.05, 0) is 84.9 Å². The van der Waals surface area contributed by atoms with Gasteiger partial charge in [0.25, 0.3) is 5.91 Å². The van der Waals surface area contributed by atoms with Crippen LogP contribution in [0.25, 0.3) is 0 Å². The standard InChI is InChI=1S/C11H15NO2.C10H15NO2S.C5H11NO/c1-8(2)12-11(13)9-4-6-10(14-3)7-5-9;1-8(2)11-14(12,13)10-6-4-9(3)5-7-10;1-4(2)6-5(3)7/h4-8H,1-3H3,(H,12,13);4-8,11H,1-3H3;4H,1-3H3,(H,6,7). The lowest BCUT2D eigenvalue weighted by Gasteiger charge is -2.09. The first-order valence-electron chi connectivity index (χ1n) is 11.5. The van der Waals surface area contributed by atoms with Crippen molar-refractivity contribution < 1.29 is 22.7 Å². The van der Waals surface area contributed by atoms with E-state index in [9.17, 15) is 18.0 Å². The zero-order valence-corrected chi connectivity index (χ0v) is 23.1. The number of ether oxygens (including phenoxy) is 1. The fourth-order valence-corrected chi connectivity index (χ4v) is 3.84. The molecular formula is C26H41N3O5S. The maximum atomic E-state index is 11.6. The van der Waals surface area contributed by atoms with Crippen molar-refractivity contribution in [1.29, 1.82) is 0 Å². The maximum absolute atomic E-state index is 11.6. The molecule has 0 unspecified atom stereocenters. The van der Waals surface area contributed by atoms with Crippen LogP contribution in [0.3, 0.4) is 0 Å². The summed E-state index contributed by atoms with van der Waals surface area (Å²) in [5.41, 5.74) is 1.70. The lowest BCUT2D eigenvalue weighted by molar-refractivity contribution is -0.119. The number of rotatable bonds is 7. The Morgan fingerprint density at radius 1 is 0.771 bits per heavy atom. The predicted octanol–water partition coefficient (Wildman–Crippen LogP) is 4.05. The Labute approximate surface area is 210 Å². The third-order valence-corrected chi connectivity index (χ3v) is 5.66. The summed E-state index contributed by atoms with van der Waals surface area (Å²) in [7, 11) is -1.73. The molecule has 0 spiro atoms. The van der Waals surface area contributed by atoms with E-state index >= 15 is 0 Å². The van der Waals surface area contributed by atoms with Crippen LogP contribution in [0.4, 0.5) is 0 Å². The van der Waals surface area contributed by atoms with Crippen LogP contribution in [-0.4, -0.2) is 45.5 Å². The van der Waals surface area contributed by atoms with Crippen molar-refractivity contribution in [2.24, 2.45) is 0 Å². The second-order valence-electron chi connectivity index (χ2n) is 8.80. The molecule has 0 bridgehead atoms.